The standard InChI is InChI=1S/C21H25N3O2/c22-21(26)18-6-8-19(9-7-18)23-20(25)15-24-12-10-17(11-13-24)14-16-4-2-1-3-5-16/h1-9,17H,10-15H2,(H2,22,26)(H,23,25)/p+1. The van der Waals surface area contributed by atoms with Crippen molar-refractivity contribution in [3.05, 3.63) is 65.7 Å². The van der Waals surface area contributed by atoms with Gasteiger partial charge in [0.1, 0.15) is 0 Å². The van der Waals surface area contributed by atoms with Crippen LogP contribution in [0.2, 0.25) is 0 Å². The third kappa shape index (κ3) is 5.17. The maximum atomic E-state index is 12.2. The molecule has 0 bridgehead atoms. The second kappa shape index (κ2) is 8.63. The zero-order valence-corrected chi connectivity index (χ0v) is 14.9. The lowest BCUT2D eigenvalue weighted by Gasteiger charge is -2.29. The fourth-order valence-electron chi connectivity index (χ4n) is 3.56. The van der Waals surface area contributed by atoms with Gasteiger partial charge in [-0.2, -0.15) is 0 Å². The zero-order chi connectivity index (χ0) is 18.4. The van der Waals surface area contributed by atoms with Gasteiger partial charge in [0.25, 0.3) is 5.91 Å². The highest BCUT2D eigenvalue weighted by molar-refractivity contribution is 5.95. The minimum atomic E-state index is -0.467. The Balaban J connectivity index is 1.42. The average Bonchev–Trinajstić information content (AvgIpc) is 2.64. The molecule has 136 valence electrons. The quantitative estimate of drug-likeness (QED) is 0.732. The first-order valence-corrected chi connectivity index (χ1v) is 9.17. The molecule has 4 N–H and O–H groups in total. The predicted molar refractivity (Wildman–Crippen MR) is 102 cm³/mol. The molecule has 0 saturated carbocycles. The molecule has 1 saturated heterocycles. The molecule has 5 nitrogen and oxygen atoms in total. The number of likely N-dealkylation sites (tertiary alicyclic amines) is 1. The van der Waals surface area contributed by atoms with E-state index in [0.717, 1.165) is 32.4 Å². The van der Waals surface area contributed by atoms with Crippen LogP contribution in [0.1, 0.15) is 28.8 Å². The molecule has 26 heavy (non-hydrogen) atoms. The molecule has 2 aromatic rings. The van der Waals surface area contributed by atoms with Crippen LogP contribution >= 0.6 is 0 Å². The fraction of sp³-hybridized carbons (Fsp3) is 0.333. The molecule has 5 heteroatoms. The van der Waals surface area contributed by atoms with Gasteiger partial charge >= 0.3 is 0 Å². The molecule has 0 radical (unpaired) electrons. The Kier molecular flexibility index (Phi) is 6.02. The molecule has 0 atom stereocenters. The number of hydrogen-bond acceptors (Lipinski definition) is 2. The van der Waals surface area contributed by atoms with Crippen molar-refractivity contribution >= 4 is 17.5 Å². The van der Waals surface area contributed by atoms with Crippen molar-refractivity contribution in [2.24, 2.45) is 11.7 Å². The number of amides is 2. The number of benzene rings is 2. The number of rotatable bonds is 6. The molecule has 1 heterocycles. The number of anilines is 1. The molecule has 1 aliphatic rings. The minimum absolute atomic E-state index is 0.00772. The maximum Gasteiger partial charge on any atom is 0.279 e. The van der Waals surface area contributed by atoms with Crippen LogP contribution in [0.4, 0.5) is 5.69 Å². The maximum absolute atomic E-state index is 12.2. The van der Waals surface area contributed by atoms with E-state index in [1.807, 2.05) is 0 Å². The Hall–Kier alpha value is -2.66. The lowest BCUT2D eigenvalue weighted by atomic mass is 9.90. The molecule has 3 rings (SSSR count). The number of carbonyl (C=O) groups is 2. The van der Waals surface area contributed by atoms with E-state index in [0.29, 0.717) is 23.7 Å². The van der Waals surface area contributed by atoms with E-state index in [2.05, 4.69) is 35.6 Å². The first kappa shape index (κ1) is 18.1. The van der Waals surface area contributed by atoms with E-state index < -0.39 is 5.91 Å². The highest BCUT2D eigenvalue weighted by Gasteiger charge is 2.24. The predicted octanol–water partition coefficient (Wildman–Crippen LogP) is 1.26. The number of hydrogen-bond donors (Lipinski definition) is 3. The summed E-state index contributed by atoms with van der Waals surface area (Å²) in [6.45, 7) is 2.55. The first-order valence-electron chi connectivity index (χ1n) is 9.17. The van der Waals surface area contributed by atoms with E-state index in [1.165, 1.54) is 10.5 Å². The lowest BCUT2D eigenvalue weighted by Crippen LogP contribution is -3.14. The van der Waals surface area contributed by atoms with Gasteiger partial charge in [-0.3, -0.25) is 9.59 Å². The summed E-state index contributed by atoms with van der Waals surface area (Å²) in [5.41, 5.74) is 7.75. The van der Waals surface area contributed by atoms with Gasteiger partial charge in [0.05, 0.1) is 13.1 Å². The number of primary amides is 1. The summed E-state index contributed by atoms with van der Waals surface area (Å²) < 4.78 is 0. The van der Waals surface area contributed by atoms with Crippen molar-refractivity contribution in [1.82, 2.24) is 0 Å². The summed E-state index contributed by atoms with van der Waals surface area (Å²) in [4.78, 5) is 24.7. The van der Waals surface area contributed by atoms with Crippen molar-refractivity contribution < 1.29 is 14.5 Å². The third-order valence-corrected chi connectivity index (χ3v) is 5.04. The van der Waals surface area contributed by atoms with Gasteiger partial charge in [-0.15, -0.1) is 0 Å². The second-order valence-electron chi connectivity index (χ2n) is 7.05. The van der Waals surface area contributed by atoms with Crippen molar-refractivity contribution in [3.8, 4) is 0 Å². The molecular weight excluding hydrogens is 326 g/mol. The molecule has 2 aromatic carbocycles. The summed E-state index contributed by atoms with van der Waals surface area (Å²) in [6, 6.07) is 17.3. The van der Waals surface area contributed by atoms with Crippen LogP contribution in [0.3, 0.4) is 0 Å². The molecule has 0 aromatic heterocycles. The fourth-order valence-corrected chi connectivity index (χ4v) is 3.56. The largest absolute Gasteiger partial charge is 0.366 e. The van der Waals surface area contributed by atoms with Gasteiger partial charge in [-0.25, -0.2) is 0 Å². The van der Waals surface area contributed by atoms with Crippen molar-refractivity contribution in [1.29, 1.82) is 0 Å². The molecule has 0 spiro atoms. The van der Waals surface area contributed by atoms with E-state index >= 15 is 0 Å². The monoisotopic (exact) mass is 352 g/mol. The number of nitrogens with one attached hydrogen (secondary N) is 2. The van der Waals surface area contributed by atoms with Gasteiger partial charge in [0, 0.05) is 11.3 Å². The smallest absolute Gasteiger partial charge is 0.279 e. The van der Waals surface area contributed by atoms with Crippen molar-refractivity contribution in [2.45, 2.75) is 19.3 Å². The van der Waals surface area contributed by atoms with Gasteiger partial charge in [0.15, 0.2) is 6.54 Å². The van der Waals surface area contributed by atoms with Crippen LogP contribution in [0.5, 0.6) is 0 Å². The Labute approximate surface area is 154 Å². The van der Waals surface area contributed by atoms with Crippen LogP contribution in [0.25, 0.3) is 0 Å². The third-order valence-electron chi connectivity index (χ3n) is 5.04. The highest BCUT2D eigenvalue weighted by atomic mass is 16.2. The normalized spacial score (nSPS) is 19.7. The molecule has 0 aliphatic carbocycles. The van der Waals surface area contributed by atoms with Crippen LogP contribution < -0.4 is 16.0 Å². The topological polar surface area (TPSA) is 76.6 Å². The number of nitrogens with two attached hydrogens (primary N) is 1. The highest BCUT2D eigenvalue weighted by Crippen LogP contribution is 2.16. The lowest BCUT2D eigenvalue weighted by molar-refractivity contribution is -0.898. The molecule has 1 fully saturated rings. The van der Waals surface area contributed by atoms with Gasteiger partial charge in [-0.1, -0.05) is 30.3 Å². The van der Waals surface area contributed by atoms with Crippen molar-refractivity contribution in [2.75, 3.05) is 25.0 Å². The van der Waals surface area contributed by atoms with E-state index in [1.54, 1.807) is 24.3 Å². The van der Waals surface area contributed by atoms with Gasteiger partial charge in [0.2, 0.25) is 5.91 Å². The Morgan fingerprint density at radius 3 is 2.27 bits per heavy atom. The zero-order valence-electron chi connectivity index (χ0n) is 14.9. The van der Waals surface area contributed by atoms with E-state index in [4.69, 9.17) is 5.73 Å². The summed E-state index contributed by atoms with van der Waals surface area (Å²) in [6.07, 6.45) is 3.45. The Morgan fingerprint density at radius 2 is 1.65 bits per heavy atom. The SMILES string of the molecule is NC(=O)c1ccc(NC(=O)C[NH+]2CCC(Cc3ccccc3)CC2)cc1. The summed E-state index contributed by atoms with van der Waals surface area (Å²) >= 11 is 0. The summed E-state index contributed by atoms with van der Waals surface area (Å²) in [7, 11) is 0. The Bertz CT molecular complexity index is 736. The minimum Gasteiger partial charge on any atom is -0.366 e. The molecule has 0 unspecified atom stereocenters. The number of carbonyl (C=O) groups excluding carboxylic acids is 2. The molecular formula is C21H26N3O2+. The molecule has 2 amide bonds. The number of quaternary nitrogens is 1. The van der Waals surface area contributed by atoms with Gasteiger partial charge < -0.3 is 16.0 Å². The first-order chi connectivity index (χ1) is 12.6. The second-order valence-corrected chi connectivity index (χ2v) is 7.05. The van der Waals surface area contributed by atoms with Crippen LogP contribution in [-0.2, 0) is 11.2 Å². The van der Waals surface area contributed by atoms with Crippen molar-refractivity contribution in [3.63, 3.8) is 0 Å². The summed E-state index contributed by atoms with van der Waals surface area (Å²) in [5, 5.41) is 2.89. The van der Waals surface area contributed by atoms with E-state index in [-0.39, 0.29) is 5.91 Å². The Morgan fingerprint density at radius 1 is 1.00 bits per heavy atom. The average molecular weight is 352 g/mol. The van der Waals surface area contributed by atoms with Gasteiger partial charge in [-0.05, 0) is 55.0 Å². The molecule has 1 aliphatic heterocycles. The number of piperidine rings is 1. The summed E-state index contributed by atoms with van der Waals surface area (Å²) in [5.74, 6) is 0.254. The van der Waals surface area contributed by atoms with E-state index in [9.17, 15) is 9.59 Å². The van der Waals surface area contributed by atoms with Crippen LogP contribution in [0.15, 0.2) is 54.6 Å². The van der Waals surface area contributed by atoms with Crippen LogP contribution in [-0.4, -0.2) is 31.4 Å². The van der Waals surface area contributed by atoms with Crippen LogP contribution in [0, 0.1) is 5.92 Å².